The molecule has 174 valence electrons. The monoisotopic (exact) mass is 446 g/mol. The highest BCUT2D eigenvalue weighted by Gasteiger charge is 2.17. The number of benzene rings is 3. The summed E-state index contributed by atoms with van der Waals surface area (Å²) in [5.41, 5.74) is 4.32. The first-order valence-electron chi connectivity index (χ1n) is 11.2. The van der Waals surface area contributed by atoms with Crippen LogP contribution in [0.15, 0.2) is 72.8 Å². The number of hydrogen-bond acceptors (Lipinski definition) is 3. The van der Waals surface area contributed by atoms with Gasteiger partial charge in [-0.1, -0.05) is 69.3 Å². The van der Waals surface area contributed by atoms with Gasteiger partial charge in [-0.2, -0.15) is 0 Å². The van der Waals surface area contributed by atoms with Gasteiger partial charge in [0.25, 0.3) is 0 Å². The number of methoxy groups -OCH3 is 2. The molecule has 5 heteroatoms. The molecule has 0 bridgehead atoms. The van der Waals surface area contributed by atoms with Gasteiger partial charge in [0, 0.05) is 18.8 Å². The Hall–Kier alpha value is -3.47. The van der Waals surface area contributed by atoms with Gasteiger partial charge >= 0.3 is 6.03 Å². The van der Waals surface area contributed by atoms with Crippen LogP contribution in [-0.2, 0) is 18.4 Å². The van der Waals surface area contributed by atoms with Crippen LogP contribution in [0.5, 0.6) is 11.5 Å². The van der Waals surface area contributed by atoms with Gasteiger partial charge in [0.05, 0.1) is 14.2 Å². The number of nitrogens with zero attached hydrogens (tertiary/aromatic N) is 1. The summed E-state index contributed by atoms with van der Waals surface area (Å²) < 4.78 is 10.8. The molecule has 3 aromatic rings. The van der Waals surface area contributed by atoms with E-state index in [1.807, 2.05) is 53.4 Å². The van der Waals surface area contributed by atoms with Crippen LogP contribution in [0, 0.1) is 0 Å². The van der Waals surface area contributed by atoms with Gasteiger partial charge in [-0.05, 0) is 52.8 Å². The lowest BCUT2D eigenvalue weighted by atomic mass is 9.87. The molecule has 0 atom stereocenters. The number of rotatable bonds is 8. The highest BCUT2D eigenvalue weighted by Crippen LogP contribution is 2.28. The number of carbonyl (C=O) groups is 1. The molecular weight excluding hydrogens is 412 g/mol. The van der Waals surface area contributed by atoms with E-state index in [0.717, 1.165) is 16.8 Å². The number of urea groups is 1. The van der Waals surface area contributed by atoms with Crippen molar-refractivity contribution in [2.45, 2.75) is 39.2 Å². The van der Waals surface area contributed by atoms with Gasteiger partial charge in [-0.25, -0.2) is 4.79 Å². The second-order valence-corrected chi connectivity index (χ2v) is 9.10. The zero-order chi connectivity index (χ0) is 23.8. The summed E-state index contributed by atoms with van der Waals surface area (Å²) in [7, 11) is 3.25. The summed E-state index contributed by atoms with van der Waals surface area (Å²) in [4.78, 5) is 15.0. The number of anilines is 1. The van der Waals surface area contributed by atoms with Crippen LogP contribution in [0.2, 0.25) is 0 Å². The van der Waals surface area contributed by atoms with Crippen LogP contribution in [0.1, 0.15) is 37.5 Å². The largest absolute Gasteiger partial charge is 0.493 e. The minimum atomic E-state index is -0.124. The maximum Gasteiger partial charge on any atom is 0.322 e. The number of nitrogens with one attached hydrogen (secondary N) is 1. The van der Waals surface area contributed by atoms with Crippen LogP contribution in [-0.4, -0.2) is 31.7 Å². The third-order valence-electron chi connectivity index (χ3n) is 5.62. The standard InChI is InChI=1S/C28H34N2O3/c1-28(2,3)23-14-11-22(12-15-23)20-30(27(31)29-24-9-7-6-8-10-24)18-17-21-13-16-25(32-4)26(19-21)33-5/h6-16,19H,17-18,20H2,1-5H3,(H,29,31). The molecule has 3 aromatic carbocycles. The second kappa shape index (κ2) is 10.9. The maximum absolute atomic E-state index is 13.2. The Morgan fingerprint density at radius 3 is 2.09 bits per heavy atom. The lowest BCUT2D eigenvalue weighted by molar-refractivity contribution is 0.209. The maximum atomic E-state index is 13.2. The zero-order valence-electron chi connectivity index (χ0n) is 20.2. The summed E-state index contributed by atoms with van der Waals surface area (Å²) in [5, 5.41) is 3.02. The average molecular weight is 447 g/mol. The van der Waals surface area contributed by atoms with Gasteiger partial charge in [0.1, 0.15) is 0 Å². The van der Waals surface area contributed by atoms with Crippen LogP contribution < -0.4 is 14.8 Å². The van der Waals surface area contributed by atoms with E-state index in [9.17, 15) is 4.79 Å². The molecule has 0 aliphatic carbocycles. The molecule has 0 fully saturated rings. The minimum Gasteiger partial charge on any atom is -0.493 e. The zero-order valence-corrected chi connectivity index (χ0v) is 20.2. The van der Waals surface area contributed by atoms with E-state index in [1.165, 1.54) is 5.56 Å². The molecule has 0 spiro atoms. The smallest absolute Gasteiger partial charge is 0.322 e. The molecule has 0 unspecified atom stereocenters. The molecule has 0 heterocycles. The van der Waals surface area contributed by atoms with Crippen molar-refractivity contribution in [3.63, 3.8) is 0 Å². The first-order chi connectivity index (χ1) is 15.8. The Kier molecular flexibility index (Phi) is 7.99. The van der Waals surface area contributed by atoms with E-state index in [-0.39, 0.29) is 11.4 Å². The van der Waals surface area contributed by atoms with Crippen molar-refractivity contribution >= 4 is 11.7 Å². The Morgan fingerprint density at radius 2 is 1.48 bits per heavy atom. The summed E-state index contributed by atoms with van der Waals surface area (Å²) in [6.07, 6.45) is 0.697. The van der Waals surface area contributed by atoms with E-state index in [4.69, 9.17) is 9.47 Å². The fourth-order valence-electron chi connectivity index (χ4n) is 3.61. The van der Waals surface area contributed by atoms with Gasteiger partial charge in [-0.15, -0.1) is 0 Å². The highest BCUT2D eigenvalue weighted by molar-refractivity contribution is 5.89. The first kappa shape index (κ1) is 24.2. The lowest BCUT2D eigenvalue weighted by Crippen LogP contribution is -2.36. The topological polar surface area (TPSA) is 50.8 Å². The number of hydrogen-bond donors (Lipinski definition) is 1. The van der Waals surface area contributed by atoms with E-state index >= 15 is 0 Å². The minimum absolute atomic E-state index is 0.0936. The molecule has 3 rings (SSSR count). The van der Waals surface area contributed by atoms with Crippen molar-refractivity contribution in [3.05, 3.63) is 89.5 Å². The van der Waals surface area contributed by atoms with Crippen molar-refractivity contribution in [1.82, 2.24) is 4.90 Å². The number of carbonyl (C=O) groups excluding carboxylic acids is 1. The molecule has 0 radical (unpaired) electrons. The number of amides is 2. The molecule has 2 amide bonds. The van der Waals surface area contributed by atoms with Crippen LogP contribution in [0.25, 0.3) is 0 Å². The molecule has 1 N–H and O–H groups in total. The highest BCUT2D eigenvalue weighted by atomic mass is 16.5. The summed E-state index contributed by atoms with van der Waals surface area (Å²) in [5.74, 6) is 1.38. The summed E-state index contributed by atoms with van der Waals surface area (Å²) >= 11 is 0. The predicted molar refractivity (Wildman–Crippen MR) is 134 cm³/mol. The SMILES string of the molecule is COc1ccc(CCN(Cc2ccc(C(C)(C)C)cc2)C(=O)Nc2ccccc2)cc1OC. The lowest BCUT2D eigenvalue weighted by Gasteiger charge is -2.24. The molecule has 0 aliphatic heterocycles. The van der Waals surface area contributed by atoms with E-state index < -0.39 is 0 Å². The molecule has 0 saturated heterocycles. The van der Waals surface area contributed by atoms with Gasteiger partial charge in [0.15, 0.2) is 11.5 Å². The fourth-order valence-corrected chi connectivity index (χ4v) is 3.61. The van der Waals surface area contributed by atoms with Crippen molar-refractivity contribution < 1.29 is 14.3 Å². The second-order valence-electron chi connectivity index (χ2n) is 9.10. The molecule has 0 aromatic heterocycles. The third kappa shape index (κ3) is 6.75. The Balaban J connectivity index is 1.77. The van der Waals surface area contributed by atoms with Crippen molar-refractivity contribution in [3.8, 4) is 11.5 Å². The van der Waals surface area contributed by atoms with E-state index in [2.05, 4.69) is 50.4 Å². The van der Waals surface area contributed by atoms with Crippen LogP contribution in [0.4, 0.5) is 10.5 Å². The fraction of sp³-hybridized carbons (Fsp3) is 0.321. The number of ether oxygens (including phenoxy) is 2. The van der Waals surface area contributed by atoms with Crippen molar-refractivity contribution in [2.24, 2.45) is 0 Å². The predicted octanol–water partition coefficient (Wildman–Crippen LogP) is 6.28. The normalized spacial score (nSPS) is 11.1. The van der Waals surface area contributed by atoms with Gasteiger partial charge in [-0.3, -0.25) is 0 Å². The van der Waals surface area contributed by atoms with Gasteiger partial charge in [0.2, 0.25) is 0 Å². The van der Waals surface area contributed by atoms with Crippen LogP contribution in [0.3, 0.4) is 0 Å². The number of para-hydroxylation sites is 1. The van der Waals surface area contributed by atoms with Crippen molar-refractivity contribution in [1.29, 1.82) is 0 Å². The third-order valence-corrected chi connectivity index (χ3v) is 5.62. The van der Waals surface area contributed by atoms with Crippen LogP contribution >= 0.6 is 0 Å². The van der Waals surface area contributed by atoms with Crippen molar-refractivity contribution in [2.75, 3.05) is 26.1 Å². The Labute approximate surface area is 197 Å². The molecule has 5 nitrogen and oxygen atoms in total. The van der Waals surface area contributed by atoms with E-state index in [0.29, 0.717) is 31.0 Å². The Morgan fingerprint density at radius 1 is 0.848 bits per heavy atom. The Bertz CT molecular complexity index is 1040. The summed E-state index contributed by atoms with van der Waals surface area (Å²) in [6, 6.07) is 23.8. The average Bonchev–Trinajstić information content (AvgIpc) is 2.81. The molecule has 0 aliphatic rings. The summed E-state index contributed by atoms with van der Waals surface area (Å²) in [6.45, 7) is 7.69. The first-order valence-corrected chi connectivity index (χ1v) is 11.2. The van der Waals surface area contributed by atoms with E-state index in [1.54, 1.807) is 14.2 Å². The molecule has 0 saturated carbocycles. The molecule has 33 heavy (non-hydrogen) atoms. The molecular formula is C28H34N2O3. The van der Waals surface area contributed by atoms with Gasteiger partial charge < -0.3 is 19.7 Å². The quantitative estimate of drug-likeness (QED) is 0.443.